The molecule has 0 aliphatic carbocycles. The summed E-state index contributed by atoms with van der Waals surface area (Å²) in [6.07, 6.45) is -4.78. The molecule has 0 spiro atoms. The number of aromatic nitrogens is 6. The number of nitriles is 1. The highest BCUT2D eigenvalue weighted by atomic mass is 35.5. The van der Waals surface area contributed by atoms with Crippen molar-refractivity contribution in [3.05, 3.63) is 81.4 Å². The Kier molecular flexibility index (Phi) is 7.85. The number of halogens is 4. The van der Waals surface area contributed by atoms with Crippen molar-refractivity contribution < 1.29 is 22.8 Å². The van der Waals surface area contributed by atoms with E-state index in [2.05, 4.69) is 31.1 Å². The Bertz CT molecular complexity index is 1680. The van der Waals surface area contributed by atoms with Gasteiger partial charge in [0.05, 0.1) is 39.3 Å². The second-order valence-electron chi connectivity index (χ2n) is 10.0. The Morgan fingerprint density at radius 1 is 1.07 bits per heavy atom. The molecular formula is C26H23ClF3N9O2. The van der Waals surface area contributed by atoms with Gasteiger partial charge < -0.3 is 10.6 Å². The lowest BCUT2D eigenvalue weighted by molar-refractivity contribution is -0.145. The minimum Gasteiger partial charge on any atom is -0.347 e. The number of carbonyl (C=O) groups excluding carboxylic acids is 2. The maximum atomic E-state index is 13.7. The number of hydrogen-bond donors (Lipinski definition) is 2. The highest BCUT2D eigenvalue weighted by Gasteiger charge is 2.37. The molecule has 0 atom stereocenters. The summed E-state index contributed by atoms with van der Waals surface area (Å²) >= 11 is 6.36. The molecule has 2 aromatic carbocycles. The van der Waals surface area contributed by atoms with Gasteiger partial charge in [-0.15, -0.1) is 10.2 Å². The van der Waals surface area contributed by atoms with E-state index >= 15 is 0 Å². The predicted molar refractivity (Wildman–Crippen MR) is 142 cm³/mol. The van der Waals surface area contributed by atoms with E-state index in [1.807, 2.05) is 6.07 Å². The van der Waals surface area contributed by atoms with Crippen LogP contribution in [-0.4, -0.2) is 47.3 Å². The third-order valence-electron chi connectivity index (χ3n) is 5.52. The summed E-state index contributed by atoms with van der Waals surface area (Å²) < 4.78 is 40.0. The van der Waals surface area contributed by atoms with E-state index in [1.165, 1.54) is 22.9 Å². The quantitative estimate of drug-likeness (QED) is 0.338. The highest BCUT2D eigenvalue weighted by molar-refractivity contribution is 6.32. The molecule has 4 rings (SSSR count). The average Bonchev–Trinajstić information content (AvgIpc) is 3.52. The van der Waals surface area contributed by atoms with Crippen LogP contribution in [0.25, 0.3) is 5.69 Å². The summed E-state index contributed by atoms with van der Waals surface area (Å²) in [7, 11) is 0. The first-order chi connectivity index (χ1) is 19.2. The average molecular weight is 586 g/mol. The van der Waals surface area contributed by atoms with Crippen molar-refractivity contribution in [2.45, 2.75) is 46.0 Å². The maximum Gasteiger partial charge on any atom is 0.455 e. The van der Waals surface area contributed by atoms with E-state index in [9.17, 15) is 28.0 Å². The Morgan fingerprint density at radius 3 is 2.39 bits per heavy atom. The largest absolute Gasteiger partial charge is 0.455 e. The SMILES string of the molecule is Cc1cc(C#N)cc(C(=O)NC(C)(C)C)c1NC(=O)c1cc(Cn2nnc(C(F)(F)F)n2)nn1-c1ccccc1Cl. The molecule has 2 amide bonds. The molecule has 0 radical (unpaired) electrons. The summed E-state index contributed by atoms with van der Waals surface area (Å²) in [5.74, 6) is -2.63. The Labute approximate surface area is 236 Å². The predicted octanol–water partition coefficient (Wildman–Crippen LogP) is 4.54. The lowest BCUT2D eigenvalue weighted by Crippen LogP contribution is -2.41. The standard InChI is InChI=1S/C26H23ClF3N9O2/c1-14-9-15(12-31)10-17(22(40)33-25(2,3)4)21(14)32-23(41)20-11-16(13-38-36-24(34-37-38)26(28,29)30)35-39(20)19-8-6-5-7-18(19)27/h5-11H,13H2,1-4H3,(H,32,41)(H,33,40). The molecule has 2 N–H and O–H groups in total. The number of para-hydroxylation sites is 1. The van der Waals surface area contributed by atoms with Crippen LogP contribution < -0.4 is 10.6 Å². The molecule has 212 valence electrons. The van der Waals surface area contributed by atoms with Gasteiger partial charge in [0.15, 0.2) is 0 Å². The van der Waals surface area contributed by atoms with Crippen LogP contribution in [0.2, 0.25) is 5.02 Å². The van der Waals surface area contributed by atoms with Crippen LogP contribution in [0.1, 0.15) is 64.3 Å². The number of nitrogens with one attached hydrogen (secondary N) is 2. The fourth-order valence-corrected chi connectivity index (χ4v) is 4.04. The smallest absolute Gasteiger partial charge is 0.347 e. The monoisotopic (exact) mass is 585 g/mol. The molecule has 0 unspecified atom stereocenters. The van der Waals surface area contributed by atoms with Crippen LogP contribution in [-0.2, 0) is 12.7 Å². The molecule has 11 nitrogen and oxygen atoms in total. The Balaban J connectivity index is 1.76. The first kappa shape index (κ1) is 29.2. The van der Waals surface area contributed by atoms with Crippen LogP contribution in [0.5, 0.6) is 0 Å². The highest BCUT2D eigenvalue weighted by Crippen LogP contribution is 2.27. The van der Waals surface area contributed by atoms with Gasteiger partial charge in [0.2, 0.25) is 0 Å². The van der Waals surface area contributed by atoms with E-state index < -0.39 is 29.4 Å². The number of alkyl halides is 3. The zero-order valence-electron chi connectivity index (χ0n) is 22.2. The zero-order valence-corrected chi connectivity index (χ0v) is 23.0. The molecule has 0 saturated carbocycles. The number of benzene rings is 2. The molecule has 0 saturated heterocycles. The van der Waals surface area contributed by atoms with Crippen LogP contribution >= 0.6 is 11.6 Å². The first-order valence-electron chi connectivity index (χ1n) is 12.0. The van der Waals surface area contributed by atoms with E-state index in [4.69, 9.17) is 11.6 Å². The number of rotatable bonds is 6. The summed E-state index contributed by atoms with van der Waals surface area (Å²) in [6.45, 7) is 6.66. The third-order valence-corrected chi connectivity index (χ3v) is 5.84. The number of aryl methyl sites for hydroxylation is 1. The minimum absolute atomic E-state index is 0.0461. The van der Waals surface area contributed by atoms with Gasteiger partial charge in [0.25, 0.3) is 17.6 Å². The van der Waals surface area contributed by atoms with Crippen LogP contribution in [0.3, 0.4) is 0 Å². The number of tetrazole rings is 1. The van der Waals surface area contributed by atoms with Crippen LogP contribution in [0.15, 0.2) is 42.5 Å². The lowest BCUT2D eigenvalue weighted by atomic mass is 10.0. The van der Waals surface area contributed by atoms with Crippen molar-refractivity contribution >= 4 is 29.1 Å². The van der Waals surface area contributed by atoms with E-state index in [-0.39, 0.29) is 39.8 Å². The number of hydrogen-bond acceptors (Lipinski definition) is 7. The molecule has 0 aliphatic rings. The molecule has 2 aromatic heterocycles. The number of anilines is 1. The van der Waals surface area contributed by atoms with Crippen molar-refractivity contribution in [2.75, 3.05) is 5.32 Å². The molecule has 0 fully saturated rings. The second kappa shape index (κ2) is 11.0. The van der Waals surface area contributed by atoms with Gasteiger partial charge in [-0.25, -0.2) is 4.68 Å². The molecule has 0 aliphatic heterocycles. The van der Waals surface area contributed by atoms with Gasteiger partial charge in [-0.05, 0) is 68.8 Å². The van der Waals surface area contributed by atoms with Crippen molar-refractivity contribution in [3.63, 3.8) is 0 Å². The molecule has 0 bridgehead atoms. The van der Waals surface area contributed by atoms with Gasteiger partial charge in [-0.2, -0.15) is 28.3 Å². The maximum absolute atomic E-state index is 13.7. The summed E-state index contributed by atoms with van der Waals surface area (Å²) in [6, 6.07) is 12.7. The number of carbonyl (C=O) groups is 2. The van der Waals surface area contributed by atoms with Gasteiger partial charge >= 0.3 is 6.18 Å². The fourth-order valence-electron chi connectivity index (χ4n) is 3.83. The van der Waals surface area contributed by atoms with Gasteiger partial charge in [0.1, 0.15) is 12.2 Å². The van der Waals surface area contributed by atoms with Gasteiger partial charge in [0, 0.05) is 5.54 Å². The van der Waals surface area contributed by atoms with E-state index in [1.54, 1.807) is 52.0 Å². The fraction of sp³-hybridized carbons (Fsp3) is 0.269. The van der Waals surface area contributed by atoms with Crippen LogP contribution in [0.4, 0.5) is 18.9 Å². The van der Waals surface area contributed by atoms with Crippen LogP contribution in [0, 0.1) is 18.3 Å². The first-order valence-corrected chi connectivity index (χ1v) is 12.4. The summed E-state index contributed by atoms with van der Waals surface area (Å²) in [5, 5.41) is 29.4. The van der Waals surface area contributed by atoms with Gasteiger partial charge in [-0.3, -0.25) is 9.59 Å². The molecule has 41 heavy (non-hydrogen) atoms. The topological polar surface area (TPSA) is 143 Å². The van der Waals surface area contributed by atoms with Crippen molar-refractivity contribution in [2.24, 2.45) is 0 Å². The number of amides is 2. The summed E-state index contributed by atoms with van der Waals surface area (Å²) in [5.41, 5.74) is 0.702. The Morgan fingerprint density at radius 2 is 1.78 bits per heavy atom. The third kappa shape index (κ3) is 6.69. The normalized spacial score (nSPS) is 11.7. The molecule has 2 heterocycles. The molecular weight excluding hydrogens is 563 g/mol. The van der Waals surface area contributed by atoms with Crippen molar-refractivity contribution in [1.29, 1.82) is 5.26 Å². The summed E-state index contributed by atoms with van der Waals surface area (Å²) in [4.78, 5) is 27.5. The van der Waals surface area contributed by atoms with Crippen molar-refractivity contribution in [3.8, 4) is 11.8 Å². The zero-order chi connectivity index (χ0) is 30.1. The molecule has 4 aromatic rings. The Hall–Kier alpha value is -4.77. The van der Waals surface area contributed by atoms with Gasteiger partial charge in [-0.1, -0.05) is 23.7 Å². The van der Waals surface area contributed by atoms with Crippen molar-refractivity contribution in [1.82, 2.24) is 35.3 Å². The molecule has 15 heteroatoms. The van der Waals surface area contributed by atoms with E-state index in [0.717, 1.165) is 0 Å². The number of nitrogens with zero attached hydrogens (tertiary/aromatic N) is 7. The lowest BCUT2D eigenvalue weighted by Gasteiger charge is -2.22. The van der Waals surface area contributed by atoms with E-state index in [0.29, 0.717) is 16.0 Å². The second-order valence-corrected chi connectivity index (χ2v) is 10.4. The minimum atomic E-state index is -4.78.